The van der Waals surface area contributed by atoms with Gasteiger partial charge in [0.2, 0.25) is 0 Å². The van der Waals surface area contributed by atoms with Crippen molar-refractivity contribution in [2.75, 3.05) is 17.3 Å². The van der Waals surface area contributed by atoms with Crippen molar-refractivity contribution < 1.29 is 9.90 Å². The minimum atomic E-state index is -1.03. The molecule has 0 aromatic carbocycles. The summed E-state index contributed by atoms with van der Waals surface area (Å²) >= 11 is 3.59. The van der Waals surface area contributed by atoms with Gasteiger partial charge in [0.05, 0.1) is 5.25 Å². The summed E-state index contributed by atoms with van der Waals surface area (Å²) in [4.78, 5) is 10.1. The van der Waals surface area contributed by atoms with Crippen LogP contribution < -0.4 is 0 Å². The first-order valence-electron chi connectivity index (χ1n) is 3.23. The second-order valence-corrected chi connectivity index (χ2v) is 4.47. The molecule has 1 saturated heterocycles. The third kappa shape index (κ3) is 3.59. The maximum absolute atomic E-state index is 10.1. The topological polar surface area (TPSA) is 37.3 Å². The highest BCUT2D eigenvalue weighted by Crippen LogP contribution is 2.22. The average Bonchev–Trinajstić information content (AvgIpc) is 2.03. The number of carboxylic acids is 1. The summed E-state index contributed by atoms with van der Waals surface area (Å²) in [6.07, 6.45) is 0. The molecule has 2 nitrogen and oxygen atoms in total. The van der Waals surface area contributed by atoms with E-state index in [0.717, 1.165) is 17.3 Å². The monoisotopic (exact) mass is 188 g/mol. The van der Waals surface area contributed by atoms with E-state index in [4.69, 9.17) is 5.11 Å². The Labute approximate surface area is 74.1 Å². The molecule has 0 spiro atoms. The third-order valence-corrected chi connectivity index (χ3v) is 3.81. The predicted octanol–water partition coefficient (Wildman–Crippen LogP) is 0.923. The van der Waals surface area contributed by atoms with Crippen LogP contribution in [0.1, 0.15) is 0 Å². The van der Waals surface area contributed by atoms with E-state index < -0.39 is 5.97 Å². The van der Waals surface area contributed by atoms with Crippen LogP contribution in [0.5, 0.6) is 0 Å². The number of rotatable bonds is 0. The summed E-state index contributed by atoms with van der Waals surface area (Å²) in [5, 5.41) is 8.48. The van der Waals surface area contributed by atoms with E-state index in [2.05, 4.69) is 11.8 Å². The smallest absolute Gasteiger partial charge is 0.381 e. The number of hydrogen-bond donors (Lipinski definition) is 1. The van der Waals surface area contributed by atoms with Gasteiger partial charge in [0, 0.05) is 23.2 Å². The minimum absolute atomic E-state index is 0.227. The van der Waals surface area contributed by atoms with Gasteiger partial charge in [-0.15, -0.1) is 11.8 Å². The molecule has 1 heterocycles. The predicted molar refractivity (Wildman–Crippen MR) is 49.0 cm³/mol. The van der Waals surface area contributed by atoms with E-state index >= 15 is 0 Å². The van der Waals surface area contributed by atoms with E-state index in [1.54, 1.807) is 11.8 Å². The van der Waals surface area contributed by atoms with Crippen molar-refractivity contribution in [1.29, 1.82) is 0 Å². The molecular formula is C7H8O2S2. The van der Waals surface area contributed by atoms with Gasteiger partial charge in [-0.3, -0.25) is 0 Å². The van der Waals surface area contributed by atoms with Crippen molar-refractivity contribution in [1.82, 2.24) is 0 Å². The molecule has 0 saturated carbocycles. The lowest BCUT2D eigenvalue weighted by atomic mass is 10.4. The van der Waals surface area contributed by atoms with E-state index in [1.807, 2.05) is 11.8 Å². The maximum Gasteiger partial charge on any atom is 0.381 e. The molecule has 0 aliphatic carbocycles. The molecule has 1 atom stereocenters. The standard InChI is InChI=1S/C7H8O2S2/c8-7(9)2-1-6-5-10-3-4-11-6/h6H,3-5H2,(H,8,9). The highest BCUT2D eigenvalue weighted by Gasteiger charge is 2.10. The Morgan fingerprint density at radius 3 is 2.91 bits per heavy atom. The van der Waals surface area contributed by atoms with Gasteiger partial charge in [0.15, 0.2) is 0 Å². The van der Waals surface area contributed by atoms with E-state index in [1.165, 1.54) is 0 Å². The van der Waals surface area contributed by atoms with Crippen molar-refractivity contribution >= 4 is 29.5 Å². The Hall–Kier alpha value is -0.270. The second-order valence-electron chi connectivity index (χ2n) is 2.01. The molecule has 0 aromatic heterocycles. The molecule has 0 radical (unpaired) electrons. The van der Waals surface area contributed by atoms with Gasteiger partial charge >= 0.3 is 5.97 Å². The van der Waals surface area contributed by atoms with Crippen LogP contribution in [0.15, 0.2) is 0 Å². The molecular weight excluding hydrogens is 180 g/mol. The number of carboxylic acid groups (broad SMARTS) is 1. The number of carbonyl (C=O) groups is 1. The Bertz CT molecular complexity index is 198. The van der Waals surface area contributed by atoms with Crippen molar-refractivity contribution in [2.24, 2.45) is 0 Å². The Morgan fingerprint density at radius 2 is 2.36 bits per heavy atom. The van der Waals surface area contributed by atoms with Gasteiger partial charge in [-0.2, -0.15) is 11.8 Å². The zero-order valence-corrected chi connectivity index (χ0v) is 7.50. The second kappa shape index (κ2) is 4.58. The molecule has 1 N–H and O–H groups in total. The molecule has 1 rings (SSSR count). The largest absolute Gasteiger partial charge is 0.472 e. The highest BCUT2D eigenvalue weighted by molar-refractivity contribution is 8.06. The zero-order valence-electron chi connectivity index (χ0n) is 5.87. The molecule has 0 amide bonds. The van der Waals surface area contributed by atoms with Crippen LogP contribution in [-0.2, 0) is 4.79 Å². The number of hydrogen-bond acceptors (Lipinski definition) is 3. The normalized spacial score (nSPS) is 23.5. The molecule has 1 fully saturated rings. The molecule has 1 aliphatic heterocycles. The van der Waals surface area contributed by atoms with Gasteiger partial charge in [-0.05, 0) is 0 Å². The van der Waals surface area contributed by atoms with Crippen LogP contribution in [0.2, 0.25) is 0 Å². The van der Waals surface area contributed by atoms with E-state index in [0.29, 0.717) is 0 Å². The first-order chi connectivity index (χ1) is 5.29. The van der Waals surface area contributed by atoms with Crippen LogP contribution in [0.3, 0.4) is 0 Å². The van der Waals surface area contributed by atoms with Gasteiger partial charge in [0.25, 0.3) is 0 Å². The fraction of sp³-hybridized carbons (Fsp3) is 0.571. The maximum atomic E-state index is 10.1. The summed E-state index contributed by atoms with van der Waals surface area (Å²) in [5.74, 6) is 7.05. The van der Waals surface area contributed by atoms with Crippen molar-refractivity contribution in [2.45, 2.75) is 5.25 Å². The molecule has 1 unspecified atom stereocenters. The lowest BCUT2D eigenvalue weighted by molar-refractivity contribution is -0.130. The Morgan fingerprint density at radius 1 is 1.55 bits per heavy atom. The number of thioether (sulfide) groups is 2. The first-order valence-corrected chi connectivity index (χ1v) is 5.43. The molecule has 4 heteroatoms. The molecule has 11 heavy (non-hydrogen) atoms. The Kier molecular flexibility index (Phi) is 3.67. The van der Waals surface area contributed by atoms with Crippen LogP contribution >= 0.6 is 23.5 Å². The van der Waals surface area contributed by atoms with Crippen LogP contribution in [0.4, 0.5) is 0 Å². The third-order valence-electron chi connectivity index (χ3n) is 1.16. The Balaban J connectivity index is 2.36. The number of aliphatic carboxylic acids is 1. The quantitative estimate of drug-likeness (QED) is 0.574. The lowest BCUT2D eigenvalue weighted by Crippen LogP contribution is -2.11. The summed E-state index contributed by atoms with van der Waals surface area (Å²) in [6.45, 7) is 0. The average molecular weight is 188 g/mol. The summed E-state index contributed by atoms with van der Waals surface area (Å²) in [7, 11) is 0. The van der Waals surface area contributed by atoms with Crippen LogP contribution in [-0.4, -0.2) is 33.6 Å². The fourth-order valence-electron chi connectivity index (χ4n) is 0.713. The highest BCUT2D eigenvalue weighted by atomic mass is 32.2. The lowest BCUT2D eigenvalue weighted by Gasteiger charge is -2.14. The zero-order chi connectivity index (χ0) is 8.10. The summed E-state index contributed by atoms with van der Waals surface area (Å²) in [6, 6.07) is 0. The van der Waals surface area contributed by atoms with Gasteiger partial charge in [0.1, 0.15) is 0 Å². The molecule has 0 bridgehead atoms. The molecule has 0 aromatic rings. The van der Waals surface area contributed by atoms with Crippen molar-refractivity contribution in [3.05, 3.63) is 0 Å². The molecule has 60 valence electrons. The van der Waals surface area contributed by atoms with E-state index in [9.17, 15) is 4.79 Å². The first kappa shape index (κ1) is 8.82. The summed E-state index contributed by atoms with van der Waals surface area (Å²) < 4.78 is 0. The van der Waals surface area contributed by atoms with Gasteiger partial charge in [-0.1, -0.05) is 5.92 Å². The van der Waals surface area contributed by atoms with Crippen LogP contribution in [0, 0.1) is 11.8 Å². The van der Waals surface area contributed by atoms with Crippen LogP contribution in [0.25, 0.3) is 0 Å². The van der Waals surface area contributed by atoms with E-state index in [-0.39, 0.29) is 5.25 Å². The van der Waals surface area contributed by atoms with Gasteiger partial charge < -0.3 is 5.11 Å². The molecule has 1 aliphatic rings. The minimum Gasteiger partial charge on any atom is -0.472 e. The SMILES string of the molecule is O=C(O)C#CC1CSCCS1. The summed E-state index contributed by atoms with van der Waals surface area (Å²) in [5.41, 5.74) is 0. The van der Waals surface area contributed by atoms with Gasteiger partial charge in [-0.25, -0.2) is 4.79 Å². The fourth-order valence-corrected chi connectivity index (χ4v) is 3.13. The van der Waals surface area contributed by atoms with Crippen molar-refractivity contribution in [3.63, 3.8) is 0 Å². The van der Waals surface area contributed by atoms with Crippen molar-refractivity contribution in [3.8, 4) is 11.8 Å².